The van der Waals surface area contributed by atoms with Crippen molar-refractivity contribution in [3.63, 3.8) is 0 Å². The fraction of sp³-hybridized carbons (Fsp3) is 0.182. The molecule has 7 heteroatoms. The average Bonchev–Trinajstić information content (AvgIpc) is 2.87. The van der Waals surface area contributed by atoms with Crippen LogP contribution in [0.3, 0.4) is 0 Å². The molecule has 0 aliphatic carbocycles. The van der Waals surface area contributed by atoms with E-state index in [0.29, 0.717) is 11.6 Å². The molecule has 0 saturated carbocycles. The van der Waals surface area contributed by atoms with Gasteiger partial charge in [0.05, 0.1) is 6.54 Å². The summed E-state index contributed by atoms with van der Waals surface area (Å²) >= 11 is 0. The van der Waals surface area contributed by atoms with Gasteiger partial charge in [-0.2, -0.15) is 5.10 Å². The average molecular weight is 250 g/mol. The summed E-state index contributed by atoms with van der Waals surface area (Å²) in [6, 6.07) is 5.60. The Kier molecular flexibility index (Phi) is 3.85. The quantitative estimate of drug-likeness (QED) is 0.816. The zero-order valence-corrected chi connectivity index (χ0v) is 9.39. The van der Waals surface area contributed by atoms with E-state index in [1.165, 1.54) is 24.5 Å². The molecule has 0 saturated heterocycles. The van der Waals surface area contributed by atoms with Crippen LogP contribution in [-0.4, -0.2) is 27.7 Å². The number of carbonyl (C=O) groups excluding carboxylic acids is 1. The molecule has 18 heavy (non-hydrogen) atoms. The maximum Gasteiger partial charge on any atom is 0.258 e. The van der Waals surface area contributed by atoms with Crippen LogP contribution in [0, 0.1) is 5.82 Å². The molecule has 2 aromatic rings. The first-order valence-electron chi connectivity index (χ1n) is 5.23. The normalized spacial score (nSPS) is 10.1. The van der Waals surface area contributed by atoms with E-state index in [1.54, 1.807) is 6.07 Å². The van der Waals surface area contributed by atoms with Crippen LogP contribution in [0.25, 0.3) is 0 Å². The first-order valence-corrected chi connectivity index (χ1v) is 5.23. The number of rotatable bonds is 5. The Labute approximate surface area is 102 Å². The number of nitrogens with zero attached hydrogens (tertiary/aromatic N) is 2. The second-order valence-electron chi connectivity index (χ2n) is 3.45. The molecule has 6 nitrogen and oxygen atoms in total. The molecule has 0 radical (unpaired) electrons. The van der Waals surface area contributed by atoms with Crippen molar-refractivity contribution < 1.29 is 13.9 Å². The summed E-state index contributed by atoms with van der Waals surface area (Å²) in [5.74, 6) is 0.129. The smallest absolute Gasteiger partial charge is 0.258 e. The third-order valence-corrected chi connectivity index (χ3v) is 2.08. The molecule has 0 atom stereocenters. The minimum absolute atomic E-state index is 0.183. The van der Waals surface area contributed by atoms with Crippen LogP contribution in [-0.2, 0) is 11.3 Å². The zero-order valence-electron chi connectivity index (χ0n) is 9.39. The maximum atomic E-state index is 12.8. The number of benzene rings is 1. The number of H-pyrrole nitrogens is 1. The van der Waals surface area contributed by atoms with Crippen molar-refractivity contribution in [1.29, 1.82) is 0 Å². The Balaban J connectivity index is 1.75. The minimum atomic E-state index is -0.408. The number of hydrogen-bond acceptors (Lipinski definition) is 4. The van der Waals surface area contributed by atoms with Gasteiger partial charge < -0.3 is 10.1 Å². The summed E-state index contributed by atoms with van der Waals surface area (Å²) < 4.78 is 17.9. The molecule has 1 heterocycles. The molecular formula is C11H11FN4O2. The molecule has 0 aliphatic rings. The standard InChI is InChI=1S/C11H11FN4O2/c12-8-2-1-3-9(4-8)18-6-11(17)13-5-10-14-7-15-16-10/h1-4,7H,5-6H2,(H,13,17)(H,14,15,16). The molecule has 0 fully saturated rings. The minimum Gasteiger partial charge on any atom is -0.484 e. The van der Waals surface area contributed by atoms with Gasteiger partial charge in [-0.3, -0.25) is 9.89 Å². The molecule has 1 aromatic carbocycles. The van der Waals surface area contributed by atoms with Crippen molar-refractivity contribution in [2.24, 2.45) is 0 Å². The number of amides is 1. The van der Waals surface area contributed by atoms with Crippen LogP contribution < -0.4 is 10.1 Å². The van der Waals surface area contributed by atoms with Gasteiger partial charge in [-0.25, -0.2) is 9.37 Å². The Morgan fingerprint density at radius 1 is 1.50 bits per heavy atom. The fourth-order valence-corrected chi connectivity index (χ4v) is 1.25. The van der Waals surface area contributed by atoms with Gasteiger partial charge in [0.25, 0.3) is 5.91 Å². The Morgan fingerprint density at radius 2 is 2.39 bits per heavy atom. The number of aromatic nitrogens is 3. The van der Waals surface area contributed by atoms with Crippen LogP contribution in [0.5, 0.6) is 5.75 Å². The summed E-state index contributed by atoms with van der Waals surface area (Å²) in [6.45, 7) is 0.0585. The Hall–Kier alpha value is -2.44. The molecule has 0 aliphatic heterocycles. The van der Waals surface area contributed by atoms with Crippen LogP contribution in [0.15, 0.2) is 30.6 Å². The first kappa shape index (κ1) is 12.0. The molecule has 94 valence electrons. The van der Waals surface area contributed by atoms with Crippen LogP contribution in [0.4, 0.5) is 4.39 Å². The topological polar surface area (TPSA) is 79.9 Å². The van der Waals surface area contributed by atoms with Crippen molar-refractivity contribution >= 4 is 5.91 Å². The van der Waals surface area contributed by atoms with Gasteiger partial charge in [0, 0.05) is 6.07 Å². The van der Waals surface area contributed by atoms with Crippen molar-refractivity contribution in [2.45, 2.75) is 6.54 Å². The predicted molar refractivity (Wildman–Crippen MR) is 60.1 cm³/mol. The van der Waals surface area contributed by atoms with Gasteiger partial charge in [0.1, 0.15) is 23.7 Å². The first-order chi connectivity index (χ1) is 8.74. The van der Waals surface area contributed by atoms with Crippen molar-refractivity contribution in [1.82, 2.24) is 20.5 Å². The summed E-state index contributed by atoms with van der Waals surface area (Å²) in [4.78, 5) is 15.3. The third kappa shape index (κ3) is 3.55. The van der Waals surface area contributed by atoms with E-state index in [2.05, 4.69) is 20.5 Å². The number of carbonyl (C=O) groups is 1. The second kappa shape index (κ2) is 5.76. The Bertz CT molecular complexity index is 516. The van der Waals surface area contributed by atoms with E-state index in [4.69, 9.17) is 4.74 Å². The largest absolute Gasteiger partial charge is 0.484 e. The summed E-state index contributed by atoms with van der Waals surface area (Å²) in [7, 11) is 0. The fourth-order valence-electron chi connectivity index (χ4n) is 1.25. The number of hydrogen-bond donors (Lipinski definition) is 2. The van der Waals surface area contributed by atoms with Crippen molar-refractivity contribution in [3.8, 4) is 5.75 Å². The lowest BCUT2D eigenvalue weighted by Gasteiger charge is -2.06. The third-order valence-electron chi connectivity index (χ3n) is 2.08. The summed E-state index contributed by atoms with van der Waals surface area (Å²) in [6.07, 6.45) is 1.35. The van der Waals surface area contributed by atoms with Gasteiger partial charge in [0.2, 0.25) is 0 Å². The number of aromatic amines is 1. The molecule has 0 unspecified atom stereocenters. The van der Waals surface area contributed by atoms with Gasteiger partial charge in [-0.05, 0) is 12.1 Å². The van der Waals surface area contributed by atoms with E-state index in [9.17, 15) is 9.18 Å². The zero-order chi connectivity index (χ0) is 12.8. The van der Waals surface area contributed by atoms with Crippen molar-refractivity contribution in [2.75, 3.05) is 6.61 Å². The number of ether oxygens (including phenoxy) is 1. The van der Waals surface area contributed by atoms with E-state index < -0.39 is 5.82 Å². The Morgan fingerprint density at radius 3 is 3.11 bits per heavy atom. The van der Waals surface area contributed by atoms with E-state index in [-0.39, 0.29) is 19.1 Å². The summed E-state index contributed by atoms with van der Waals surface area (Å²) in [5.41, 5.74) is 0. The molecule has 0 spiro atoms. The monoisotopic (exact) mass is 250 g/mol. The molecule has 0 bridgehead atoms. The van der Waals surface area contributed by atoms with Crippen LogP contribution in [0.1, 0.15) is 5.82 Å². The highest BCUT2D eigenvalue weighted by Gasteiger charge is 2.04. The van der Waals surface area contributed by atoms with Gasteiger partial charge in [-0.15, -0.1) is 0 Å². The lowest BCUT2D eigenvalue weighted by Crippen LogP contribution is -2.28. The van der Waals surface area contributed by atoms with E-state index in [0.717, 1.165) is 0 Å². The number of nitrogens with one attached hydrogen (secondary N) is 2. The lowest BCUT2D eigenvalue weighted by atomic mass is 10.3. The molecular weight excluding hydrogens is 239 g/mol. The SMILES string of the molecule is O=C(COc1cccc(F)c1)NCc1ncn[nH]1. The van der Waals surface area contributed by atoms with E-state index in [1.807, 2.05) is 0 Å². The van der Waals surface area contributed by atoms with Gasteiger partial charge in [0.15, 0.2) is 6.61 Å². The summed E-state index contributed by atoms with van der Waals surface area (Å²) in [5, 5.41) is 8.83. The molecule has 2 N–H and O–H groups in total. The van der Waals surface area contributed by atoms with Crippen LogP contribution in [0.2, 0.25) is 0 Å². The van der Waals surface area contributed by atoms with Crippen LogP contribution >= 0.6 is 0 Å². The predicted octanol–water partition coefficient (Wildman–Crippen LogP) is 0.639. The van der Waals surface area contributed by atoms with Gasteiger partial charge in [-0.1, -0.05) is 6.07 Å². The highest BCUT2D eigenvalue weighted by Crippen LogP contribution is 2.11. The van der Waals surface area contributed by atoms with Crippen molar-refractivity contribution in [3.05, 3.63) is 42.2 Å². The highest BCUT2D eigenvalue weighted by molar-refractivity contribution is 5.77. The molecule has 2 rings (SSSR count). The number of halogens is 1. The highest BCUT2D eigenvalue weighted by atomic mass is 19.1. The van der Waals surface area contributed by atoms with Gasteiger partial charge >= 0.3 is 0 Å². The molecule has 1 aromatic heterocycles. The molecule has 1 amide bonds. The maximum absolute atomic E-state index is 12.8. The second-order valence-corrected chi connectivity index (χ2v) is 3.45. The lowest BCUT2D eigenvalue weighted by molar-refractivity contribution is -0.123. The van der Waals surface area contributed by atoms with E-state index >= 15 is 0 Å².